The van der Waals surface area contributed by atoms with Crippen LogP contribution in [0, 0.1) is 5.92 Å². The third-order valence-electron chi connectivity index (χ3n) is 5.24. The molecule has 1 saturated heterocycles. The molecule has 0 aromatic carbocycles. The zero-order chi connectivity index (χ0) is 16.6. The Morgan fingerprint density at radius 2 is 2.08 bits per heavy atom. The lowest BCUT2D eigenvalue weighted by Gasteiger charge is -2.35. The molecule has 5 rings (SSSR count). The van der Waals surface area contributed by atoms with Gasteiger partial charge in [0.05, 0.1) is 12.3 Å². The maximum atomic E-state index is 5.50. The summed E-state index contributed by atoms with van der Waals surface area (Å²) < 4.78 is 9.79. The van der Waals surface area contributed by atoms with E-state index in [1.807, 2.05) is 36.5 Å². The largest absolute Gasteiger partial charge is 0.461 e. The number of nitrogens with zero attached hydrogens (tertiary/aromatic N) is 6. The van der Waals surface area contributed by atoms with Crippen LogP contribution >= 0.6 is 11.8 Å². The molecule has 2 fully saturated rings. The lowest BCUT2D eigenvalue weighted by atomic mass is 9.78. The highest BCUT2D eigenvalue weighted by Crippen LogP contribution is 2.40. The first-order valence-electron chi connectivity index (χ1n) is 8.78. The zero-order valence-electron chi connectivity index (χ0n) is 13.9. The fourth-order valence-electron chi connectivity index (χ4n) is 3.78. The number of thioether (sulfide) groups is 1. The Kier molecular flexibility index (Phi) is 3.84. The summed E-state index contributed by atoms with van der Waals surface area (Å²) in [5.74, 6) is 5.55. The average Bonchev–Trinajstić information content (AvgIpc) is 3.39. The minimum Gasteiger partial charge on any atom is -0.461 e. The van der Waals surface area contributed by atoms with E-state index in [0.29, 0.717) is 23.8 Å². The quantitative estimate of drug-likeness (QED) is 0.700. The molecule has 25 heavy (non-hydrogen) atoms. The van der Waals surface area contributed by atoms with Gasteiger partial charge < -0.3 is 8.98 Å². The Morgan fingerprint density at radius 3 is 2.80 bits per heavy atom. The summed E-state index contributed by atoms with van der Waals surface area (Å²) in [5.41, 5.74) is 0. The van der Waals surface area contributed by atoms with Crippen LogP contribution in [0.2, 0.25) is 0 Å². The predicted octanol–water partition coefficient (Wildman–Crippen LogP) is 3.00. The van der Waals surface area contributed by atoms with E-state index in [2.05, 4.69) is 19.4 Å². The molecular weight excluding hydrogens is 336 g/mol. The van der Waals surface area contributed by atoms with Gasteiger partial charge >= 0.3 is 0 Å². The van der Waals surface area contributed by atoms with Gasteiger partial charge in [0.25, 0.3) is 0 Å². The van der Waals surface area contributed by atoms with Crippen LogP contribution in [-0.2, 0) is 6.42 Å². The van der Waals surface area contributed by atoms with E-state index in [1.54, 1.807) is 6.26 Å². The average molecular weight is 356 g/mol. The fourth-order valence-corrected chi connectivity index (χ4v) is 4.96. The van der Waals surface area contributed by atoms with Crippen LogP contribution in [0.25, 0.3) is 11.6 Å². The molecular formula is C17H20N6OS. The Bertz CT molecular complexity index is 816. The van der Waals surface area contributed by atoms with Crippen molar-refractivity contribution in [1.29, 1.82) is 0 Å². The molecule has 0 radical (unpaired) electrons. The summed E-state index contributed by atoms with van der Waals surface area (Å²) in [6, 6.07) is 4.81. The fraction of sp³-hybridized carbons (Fsp3) is 0.529. The van der Waals surface area contributed by atoms with Crippen LogP contribution in [0.15, 0.2) is 35.5 Å². The minimum atomic E-state index is 0.463. The smallest absolute Gasteiger partial charge is 0.217 e. The second-order valence-electron chi connectivity index (χ2n) is 6.90. The first kappa shape index (κ1) is 15.2. The van der Waals surface area contributed by atoms with Gasteiger partial charge in [-0.05, 0) is 43.1 Å². The zero-order valence-corrected chi connectivity index (χ0v) is 14.7. The highest BCUT2D eigenvalue weighted by molar-refractivity contribution is 7.99. The summed E-state index contributed by atoms with van der Waals surface area (Å²) in [4.78, 5) is 4.82. The Balaban J connectivity index is 1.35. The van der Waals surface area contributed by atoms with Crippen molar-refractivity contribution in [1.82, 2.24) is 29.5 Å². The first-order chi connectivity index (χ1) is 12.4. The maximum absolute atomic E-state index is 5.50. The summed E-state index contributed by atoms with van der Waals surface area (Å²) in [6.07, 6.45) is 9.76. The van der Waals surface area contributed by atoms with Gasteiger partial charge in [0.1, 0.15) is 18.5 Å². The highest BCUT2D eigenvalue weighted by Gasteiger charge is 2.33. The van der Waals surface area contributed by atoms with E-state index in [1.165, 1.54) is 12.2 Å². The molecule has 4 heterocycles. The van der Waals surface area contributed by atoms with Gasteiger partial charge in [-0.3, -0.25) is 0 Å². The van der Waals surface area contributed by atoms with Crippen LogP contribution in [0.4, 0.5) is 0 Å². The molecule has 0 N–H and O–H groups in total. The van der Waals surface area contributed by atoms with Crippen LogP contribution in [0.1, 0.15) is 37.2 Å². The molecule has 8 heteroatoms. The molecule has 7 nitrogen and oxygen atoms in total. The van der Waals surface area contributed by atoms with Gasteiger partial charge in [0.2, 0.25) is 5.82 Å². The van der Waals surface area contributed by atoms with Gasteiger partial charge in [0.15, 0.2) is 5.76 Å². The van der Waals surface area contributed by atoms with Gasteiger partial charge in [-0.25, -0.2) is 9.67 Å². The number of hydrogen-bond acceptors (Lipinski definition) is 6. The van der Waals surface area contributed by atoms with E-state index >= 15 is 0 Å². The molecule has 1 aliphatic heterocycles. The molecule has 0 spiro atoms. The number of furan rings is 1. The summed E-state index contributed by atoms with van der Waals surface area (Å²) in [5, 5.41) is 12.6. The second-order valence-corrected chi connectivity index (χ2v) is 8.05. The summed E-state index contributed by atoms with van der Waals surface area (Å²) in [6.45, 7) is 0. The molecule has 2 aliphatic rings. The Labute approximate surface area is 149 Å². The number of aromatic nitrogens is 6. The van der Waals surface area contributed by atoms with E-state index in [9.17, 15) is 0 Å². The first-order valence-corrected chi connectivity index (χ1v) is 9.93. The van der Waals surface area contributed by atoms with Crippen molar-refractivity contribution in [3.63, 3.8) is 0 Å². The van der Waals surface area contributed by atoms with E-state index in [0.717, 1.165) is 36.6 Å². The third-order valence-corrected chi connectivity index (χ3v) is 6.38. The topological polar surface area (TPSA) is 74.6 Å². The van der Waals surface area contributed by atoms with Crippen molar-refractivity contribution in [2.45, 2.75) is 37.8 Å². The standard InChI is InChI=1S/C17H20N6OS/c1-2-15(24-4-1)17-20-16(23(21-17)13-3-5-25-9-13)8-12-6-14(7-12)22-10-18-19-11-22/h1-2,4,10-14H,3,5-9H2. The Morgan fingerprint density at radius 1 is 1.20 bits per heavy atom. The van der Waals surface area contributed by atoms with Crippen LogP contribution in [0.5, 0.6) is 0 Å². The highest BCUT2D eigenvalue weighted by atomic mass is 32.2. The SMILES string of the molecule is c1coc(-c2nc(CC3CC(n4cnnc4)C3)n(C3CCSC3)n2)c1. The molecule has 0 bridgehead atoms. The van der Waals surface area contributed by atoms with Crippen molar-refractivity contribution >= 4 is 11.8 Å². The van der Waals surface area contributed by atoms with Crippen LogP contribution < -0.4 is 0 Å². The molecule has 1 aliphatic carbocycles. The van der Waals surface area contributed by atoms with Crippen molar-refractivity contribution in [3.8, 4) is 11.6 Å². The van der Waals surface area contributed by atoms with Crippen molar-refractivity contribution in [3.05, 3.63) is 36.9 Å². The lowest BCUT2D eigenvalue weighted by molar-refractivity contribution is 0.191. The van der Waals surface area contributed by atoms with E-state index < -0.39 is 0 Å². The van der Waals surface area contributed by atoms with Crippen molar-refractivity contribution in [2.24, 2.45) is 5.92 Å². The molecule has 3 aromatic heterocycles. The predicted molar refractivity (Wildman–Crippen MR) is 94.2 cm³/mol. The van der Waals surface area contributed by atoms with Crippen molar-refractivity contribution < 1.29 is 4.42 Å². The van der Waals surface area contributed by atoms with Gasteiger partial charge in [-0.15, -0.1) is 15.3 Å². The summed E-state index contributed by atoms with van der Waals surface area (Å²) in [7, 11) is 0. The van der Waals surface area contributed by atoms with E-state index in [-0.39, 0.29) is 0 Å². The molecule has 1 saturated carbocycles. The maximum Gasteiger partial charge on any atom is 0.217 e. The lowest BCUT2D eigenvalue weighted by Crippen LogP contribution is -2.29. The Hall–Kier alpha value is -2.09. The van der Waals surface area contributed by atoms with Crippen LogP contribution in [-0.4, -0.2) is 41.0 Å². The van der Waals surface area contributed by atoms with E-state index in [4.69, 9.17) is 14.5 Å². The summed E-state index contributed by atoms with van der Waals surface area (Å²) >= 11 is 2.00. The van der Waals surface area contributed by atoms with Crippen molar-refractivity contribution in [2.75, 3.05) is 11.5 Å². The minimum absolute atomic E-state index is 0.463. The van der Waals surface area contributed by atoms with Gasteiger partial charge in [-0.1, -0.05) is 0 Å². The normalized spacial score (nSPS) is 26.0. The second kappa shape index (κ2) is 6.33. The van der Waals surface area contributed by atoms with Gasteiger partial charge in [-0.2, -0.15) is 11.8 Å². The molecule has 1 atom stereocenters. The monoisotopic (exact) mass is 356 g/mol. The molecule has 0 amide bonds. The van der Waals surface area contributed by atoms with Crippen LogP contribution in [0.3, 0.4) is 0 Å². The molecule has 3 aromatic rings. The molecule has 130 valence electrons. The number of hydrogen-bond donors (Lipinski definition) is 0. The molecule has 1 unspecified atom stereocenters. The van der Waals surface area contributed by atoms with Gasteiger partial charge in [0, 0.05) is 18.2 Å². The number of rotatable bonds is 5. The third kappa shape index (κ3) is 2.88.